The van der Waals surface area contributed by atoms with Crippen LogP contribution in [0.1, 0.15) is 15.9 Å². The molecule has 0 bridgehead atoms. The van der Waals surface area contributed by atoms with Crippen molar-refractivity contribution in [3.8, 4) is 28.7 Å². The molecule has 1 heterocycles. The number of rotatable bonds is 9. The van der Waals surface area contributed by atoms with Gasteiger partial charge in [-0.05, 0) is 48.0 Å². The number of nitrogens with zero attached hydrogens (tertiary/aromatic N) is 2. The molecule has 3 aromatic rings. The molecule has 0 fully saturated rings. The average molecular weight is 493 g/mol. The molecule has 1 aliphatic heterocycles. The van der Waals surface area contributed by atoms with Gasteiger partial charge in [0, 0.05) is 6.07 Å². The van der Waals surface area contributed by atoms with E-state index in [2.05, 4.69) is 10.5 Å². The molecule has 184 valence electrons. The molecule has 0 radical (unpaired) electrons. The van der Waals surface area contributed by atoms with Crippen molar-refractivity contribution in [1.82, 2.24) is 5.43 Å². The number of para-hydroxylation sites is 2. The van der Waals surface area contributed by atoms with Crippen molar-refractivity contribution in [3.63, 3.8) is 0 Å². The molecule has 0 aromatic heterocycles. The molecule has 0 spiro atoms. The van der Waals surface area contributed by atoms with Crippen LogP contribution in [0.15, 0.2) is 65.8 Å². The highest BCUT2D eigenvalue weighted by Crippen LogP contribution is 2.34. The van der Waals surface area contributed by atoms with Crippen LogP contribution >= 0.6 is 0 Å². The summed E-state index contributed by atoms with van der Waals surface area (Å²) in [5, 5.41) is 14.8. The number of fused-ring (bicyclic) bond motifs is 1. The second-order valence-corrected chi connectivity index (χ2v) is 7.17. The van der Waals surface area contributed by atoms with Gasteiger partial charge in [-0.15, -0.1) is 0 Å². The third kappa shape index (κ3) is 5.67. The molecular formula is C24H19N3O9. The van der Waals surface area contributed by atoms with Crippen LogP contribution in [0.4, 0.5) is 5.69 Å². The van der Waals surface area contributed by atoms with E-state index in [-0.39, 0.29) is 35.3 Å². The van der Waals surface area contributed by atoms with E-state index >= 15 is 0 Å². The fourth-order valence-electron chi connectivity index (χ4n) is 3.12. The van der Waals surface area contributed by atoms with Crippen LogP contribution in [-0.4, -0.2) is 43.5 Å². The number of amides is 1. The summed E-state index contributed by atoms with van der Waals surface area (Å²) < 4.78 is 26.4. The molecule has 1 aliphatic rings. The van der Waals surface area contributed by atoms with E-state index in [0.29, 0.717) is 17.1 Å². The quantitative estimate of drug-likeness (QED) is 0.156. The normalized spacial score (nSPS) is 11.7. The van der Waals surface area contributed by atoms with Gasteiger partial charge >= 0.3 is 11.7 Å². The number of hydrogen-bond donors (Lipinski definition) is 1. The Balaban J connectivity index is 1.34. The summed E-state index contributed by atoms with van der Waals surface area (Å²) >= 11 is 0. The molecule has 0 saturated heterocycles. The van der Waals surface area contributed by atoms with E-state index in [0.717, 1.165) is 0 Å². The Morgan fingerprint density at radius 1 is 1.06 bits per heavy atom. The first-order chi connectivity index (χ1) is 17.4. The van der Waals surface area contributed by atoms with Crippen molar-refractivity contribution < 1.29 is 38.2 Å². The number of hydrogen-bond acceptors (Lipinski definition) is 10. The number of hydrazone groups is 1. The van der Waals surface area contributed by atoms with Gasteiger partial charge in [0.25, 0.3) is 5.91 Å². The second-order valence-electron chi connectivity index (χ2n) is 7.17. The second kappa shape index (κ2) is 10.9. The van der Waals surface area contributed by atoms with Crippen LogP contribution in [0.5, 0.6) is 28.7 Å². The van der Waals surface area contributed by atoms with Gasteiger partial charge in [-0.2, -0.15) is 5.10 Å². The molecule has 12 heteroatoms. The highest BCUT2D eigenvalue weighted by molar-refractivity contribution is 5.92. The smallest absolute Gasteiger partial charge is 0.343 e. The van der Waals surface area contributed by atoms with Gasteiger partial charge in [0.15, 0.2) is 35.4 Å². The van der Waals surface area contributed by atoms with E-state index in [1.165, 1.54) is 43.7 Å². The van der Waals surface area contributed by atoms with Crippen LogP contribution in [0, 0.1) is 10.1 Å². The molecular weight excluding hydrogens is 474 g/mol. The van der Waals surface area contributed by atoms with E-state index in [1.807, 2.05) is 0 Å². The number of ether oxygens (including phenoxy) is 5. The van der Waals surface area contributed by atoms with Crippen LogP contribution in [0.2, 0.25) is 0 Å². The fraction of sp³-hybridized carbons (Fsp3) is 0.125. The Labute approximate surface area is 204 Å². The summed E-state index contributed by atoms with van der Waals surface area (Å²) in [5.41, 5.74) is 2.83. The Morgan fingerprint density at radius 3 is 2.67 bits per heavy atom. The maximum Gasteiger partial charge on any atom is 0.343 e. The third-order valence-electron chi connectivity index (χ3n) is 4.82. The van der Waals surface area contributed by atoms with Gasteiger partial charge in [0.1, 0.15) is 0 Å². The van der Waals surface area contributed by atoms with E-state index in [4.69, 9.17) is 23.7 Å². The number of nitro benzene ring substituents is 1. The lowest BCUT2D eigenvalue weighted by atomic mass is 10.2. The van der Waals surface area contributed by atoms with Crippen LogP contribution in [0.3, 0.4) is 0 Å². The lowest BCUT2D eigenvalue weighted by Gasteiger charge is -2.10. The molecule has 0 aliphatic carbocycles. The van der Waals surface area contributed by atoms with E-state index in [1.54, 1.807) is 30.3 Å². The van der Waals surface area contributed by atoms with Crippen molar-refractivity contribution in [2.75, 3.05) is 20.5 Å². The van der Waals surface area contributed by atoms with Crippen molar-refractivity contribution in [2.24, 2.45) is 5.10 Å². The van der Waals surface area contributed by atoms with Crippen LogP contribution < -0.4 is 29.1 Å². The van der Waals surface area contributed by atoms with Gasteiger partial charge in [0.05, 0.1) is 23.8 Å². The molecule has 36 heavy (non-hydrogen) atoms. The minimum absolute atomic E-state index is 0.0303. The van der Waals surface area contributed by atoms with Crippen molar-refractivity contribution in [1.29, 1.82) is 0 Å². The van der Waals surface area contributed by atoms with Crippen LogP contribution in [0.25, 0.3) is 0 Å². The zero-order chi connectivity index (χ0) is 25.5. The Hall–Kier alpha value is -5.13. The standard InChI is InChI=1S/C24H19N3O9/c1-32-21-10-15(12-25-26-23(28)13-33-18-5-3-2-4-17(18)27(30)31)6-8-20(21)36-24(29)16-7-9-19-22(11-16)35-14-34-19/h2-12H,13-14H2,1H3,(H,26,28)/b25-12+. The molecule has 4 rings (SSSR count). The maximum absolute atomic E-state index is 12.5. The zero-order valence-electron chi connectivity index (χ0n) is 18.8. The highest BCUT2D eigenvalue weighted by Gasteiger charge is 2.19. The van der Waals surface area contributed by atoms with Gasteiger partial charge in [-0.25, -0.2) is 10.2 Å². The highest BCUT2D eigenvalue weighted by atomic mass is 16.7. The first-order valence-electron chi connectivity index (χ1n) is 10.4. The van der Waals surface area contributed by atoms with Crippen molar-refractivity contribution in [2.45, 2.75) is 0 Å². The summed E-state index contributed by atoms with van der Waals surface area (Å²) in [6, 6.07) is 15.1. The summed E-state index contributed by atoms with van der Waals surface area (Å²) in [5.74, 6) is 0.186. The predicted molar refractivity (Wildman–Crippen MR) is 125 cm³/mol. The van der Waals surface area contributed by atoms with E-state index in [9.17, 15) is 19.7 Å². The van der Waals surface area contributed by atoms with Gasteiger partial charge < -0.3 is 23.7 Å². The molecule has 1 N–H and O–H groups in total. The number of esters is 1. The number of benzene rings is 3. The molecule has 12 nitrogen and oxygen atoms in total. The Kier molecular flexibility index (Phi) is 7.25. The SMILES string of the molecule is COc1cc(/C=N/NC(=O)COc2ccccc2[N+](=O)[O-])ccc1OC(=O)c1ccc2c(c1)OCO2. The maximum atomic E-state index is 12.5. The van der Waals surface area contributed by atoms with Crippen LogP contribution in [-0.2, 0) is 4.79 Å². The summed E-state index contributed by atoms with van der Waals surface area (Å²) in [4.78, 5) is 34.9. The number of methoxy groups -OCH3 is 1. The molecule has 1 amide bonds. The largest absolute Gasteiger partial charge is 0.493 e. The monoisotopic (exact) mass is 493 g/mol. The summed E-state index contributed by atoms with van der Waals surface area (Å²) in [7, 11) is 1.41. The summed E-state index contributed by atoms with van der Waals surface area (Å²) in [6.07, 6.45) is 1.34. The first-order valence-corrected chi connectivity index (χ1v) is 10.4. The number of nitrogens with one attached hydrogen (secondary N) is 1. The molecule has 0 unspecified atom stereocenters. The van der Waals surface area contributed by atoms with E-state index < -0.39 is 23.4 Å². The fourth-order valence-corrected chi connectivity index (χ4v) is 3.12. The van der Waals surface area contributed by atoms with Crippen molar-refractivity contribution in [3.05, 3.63) is 81.9 Å². The minimum atomic E-state index is -0.620. The zero-order valence-corrected chi connectivity index (χ0v) is 18.8. The Morgan fingerprint density at radius 2 is 1.86 bits per heavy atom. The number of carbonyl (C=O) groups excluding carboxylic acids is 2. The van der Waals surface area contributed by atoms with Gasteiger partial charge in [-0.1, -0.05) is 12.1 Å². The lowest BCUT2D eigenvalue weighted by molar-refractivity contribution is -0.385. The lowest BCUT2D eigenvalue weighted by Crippen LogP contribution is -2.24. The minimum Gasteiger partial charge on any atom is -0.493 e. The topological polar surface area (TPSA) is 148 Å². The number of nitro groups is 1. The predicted octanol–water partition coefficient (Wildman–Crippen LogP) is 3.08. The average Bonchev–Trinajstić information content (AvgIpc) is 3.36. The van der Waals surface area contributed by atoms with Gasteiger partial charge in [0.2, 0.25) is 6.79 Å². The molecule has 3 aromatic carbocycles. The number of carbonyl (C=O) groups is 2. The molecule has 0 saturated carbocycles. The van der Waals surface area contributed by atoms with Crippen molar-refractivity contribution >= 4 is 23.8 Å². The molecule has 0 atom stereocenters. The summed E-state index contributed by atoms with van der Waals surface area (Å²) in [6.45, 7) is -0.381. The third-order valence-corrected chi connectivity index (χ3v) is 4.82. The Bertz CT molecular complexity index is 1340. The van der Waals surface area contributed by atoms with Gasteiger partial charge in [-0.3, -0.25) is 14.9 Å². The first kappa shape index (κ1) is 24.0.